The minimum Gasteiger partial charge on any atom is -0.394 e. The Bertz CT molecular complexity index is 754. The zero-order chi connectivity index (χ0) is 28.9. The number of hydrogen-bond acceptors (Lipinski definition) is 15. The zero-order valence-electron chi connectivity index (χ0n) is 21.9. The molecule has 228 valence electrons. The van der Waals surface area contributed by atoms with Crippen LogP contribution in [0, 0.1) is 0 Å². The van der Waals surface area contributed by atoms with Gasteiger partial charge in [-0.05, 0) is 19.9 Å². The number of aliphatic hydroxyl groups excluding tert-OH is 7. The molecule has 0 spiro atoms. The molecule has 16 nitrogen and oxygen atoms in total. The van der Waals surface area contributed by atoms with Crippen LogP contribution in [0.15, 0.2) is 0 Å². The highest BCUT2D eigenvalue weighted by Gasteiger charge is 2.53. The third-order valence-electron chi connectivity index (χ3n) is 6.96. The topological polar surface area (TPSA) is 252 Å². The van der Waals surface area contributed by atoms with Crippen molar-refractivity contribution in [3.63, 3.8) is 0 Å². The highest BCUT2D eigenvalue weighted by Crippen LogP contribution is 2.33. The average Bonchev–Trinajstić information content (AvgIpc) is 2.89. The molecule has 3 saturated heterocycles. The van der Waals surface area contributed by atoms with Crippen molar-refractivity contribution in [3.8, 4) is 0 Å². The molecule has 0 saturated carbocycles. The third-order valence-corrected chi connectivity index (χ3v) is 6.96. The van der Waals surface area contributed by atoms with E-state index < -0.39 is 105 Å². The lowest BCUT2D eigenvalue weighted by Crippen LogP contribution is -2.68. The normalized spacial score (nSPS) is 45.2. The van der Waals surface area contributed by atoms with E-state index in [1.165, 1.54) is 13.8 Å². The van der Waals surface area contributed by atoms with E-state index in [9.17, 15) is 40.5 Å². The van der Waals surface area contributed by atoms with Gasteiger partial charge in [-0.3, -0.25) is 4.79 Å². The van der Waals surface area contributed by atoms with E-state index in [1.54, 1.807) is 0 Å². The summed E-state index contributed by atoms with van der Waals surface area (Å²) in [5.41, 5.74) is 5.56. The Balaban J connectivity index is 1.92. The number of rotatable bonds is 11. The van der Waals surface area contributed by atoms with Gasteiger partial charge in [0.15, 0.2) is 18.9 Å². The molecule has 3 aliphatic rings. The fourth-order valence-electron chi connectivity index (χ4n) is 4.79. The van der Waals surface area contributed by atoms with E-state index in [1.807, 2.05) is 0 Å². The molecule has 3 fully saturated rings. The average molecular weight is 571 g/mol. The van der Waals surface area contributed by atoms with E-state index in [2.05, 4.69) is 5.32 Å². The SMILES string of the molecule is CC(=O)NC1[C@@H](O[C@@H]2C(O[C@H]3C[C@@H](O)[C@H](O)C(C)O3)[C@H](OCCCN)OC(CO)[C@@H]2O)OC(CO)[C@H](O)[C@@H]1O. The predicted molar refractivity (Wildman–Crippen MR) is 127 cm³/mol. The van der Waals surface area contributed by atoms with Crippen LogP contribution in [-0.4, -0.2) is 154 Å². The summed E-state index contributed by atoms with van der Waals surface area (Å²) in [7, 11) is 0. The molecule has 0 bridgehead atoms. The first-order valence-corrected chi connectivity index (χ1v) is 13.0. The van der Waals surface area contributed by atoms with Crippen LogP contribution in [0.5, 0.6) is 0 Å². The summed E-state index contributed by atoms with van der Waals surface area (Å²) in [6, 6.07) is -1.33. The van der Waals surface area contributed by atoms with Gasteiger partial charge in [-0.15, -0.1) is 0 Å². The summed E-state index contributed by atoms with van der Waals surface area (Å²) in [6.07, 6.45) is -16.7. The number of ether oxygens (including phenoxy) is 6. The van der Waals surface area contributed by atoms with E-state index in [-0.39, 0.29) is 13.0 Å². The molecule has 1 amide bonds. The number of carbonyl (C=O) groups excluding carboxylic acids is 1. The smallest absolute Gasteiger partial charge is 0.217 e. The molecule has 0 radical (unpaired) electrons. The molecule has 39 heavy (non-hydrogen) atoms. The summed E-state index contributed by atoms with van der Waals surface area (Å²) >= 11 is 0. The van der Waals surface area contributed by atoms with E-state index >= 15 is 0 Å². The first-order valence-electron chi connectivity index (χ1n) is 13.0. The minimum absolute atomic E-state index is 0.108. The lowest BCUT2D eigenvalue weighted by Gasteiger charge is -2.49. The lowest BCUT2D eigenvalue weighted by molar-refractivity contribution is -0.375. The molecular weight excluding hydrogens is 528 g/mol. The molecule has 14 atom stereocenters. The van der Waals surface area contributed by atoms with Gasteiger partial charge >= 0.3 is 0 Å². The second-order valence-corrected chi connectivity index (χ2v) is 9.93. The second-order valence-electron chi connectivity index (χ2n) is 9.93. The van der Waals surface area contributed by atoms with Crippen molar-refractivity contribution in [1.82, 2.24) is 5.32 Å². The highest BCUT2D eigenvalue weighted by molar-refractivity contribution is 5.73. The summed E-state index contributed by atoms with van der Waals surface area (Å²) in [5, 5.41) is 74.3. The van der Waals surface area contributed by atoms with Crippen LogP contribution in [0.25, 0.3) is 0 Å². The Hall–Kier alpha value is -1.09. The molecule has 0 aromatic carbocycles. The van der Waals surface area contributed by atoms with Crippen molar-refractivity contribution in [3.05, 3.63) is 0 Å². The van der Waals surface area contributed by atoms with Crippen molar-refractivity contribution in [2.45, 2.75) is 113 Å². The van der Waals surface area contributed by atoms with E-state index in [0.29, 0.717) is 13.0 Å². The fourth-order valence-corrected chi connectivity index (χ4v) is 4.79. The van der Waals surface area contributed by atoms with Gasteiger partial charge in [0.2, 0.25) is 5.91 Å². The fraction of sp³-hybridized carbons (Fsp3) is 0.957. The molecule has 0 aromatic rings. The summed E-state index contributed by atoms with van der Waals surface area (Å²) in [4.78, 5) is 11.8. The Morgan fingerprint density at radius 2 is 1.54 bits per heavy atom. The van der Waals surface area contributed by atoms with Gasteiger partial charge in [0, 0.05) is 13.3 Å². The minimum atomic E-state index is -1.62. The molecular formula is C23H42N2O14. The Morgan fingerprint density at radius 1 is 0.897 bits per heavy atom. The van der Waals surface area contributed by atoms with Gasteiger partial charge in [-0.2, -0.15) is 0 Å². The van der Waals surface area contributed by atoms with Gasteiger partial charge < -0.3 is 75.2 Å². The maximum absolute atomic E-state index is 11.8. The molecule has 10 N–H and O–H groups in total. The van der Waals surface area contributed by atoms with Crippen LogP contribution in [0.1, 0.15) is 26.7 Å². The monoisotopic (exact) mass is 570 g/mol. The molecule has 16 heteroatoms. The van der Waals surface area contributed by atoms with Gasteiger partial charge in [-0.25, -0.2) is 0 Å². The van der Waals surface area contributed by atoms with Crippen LogP contribution in [0.3, 0.4) is 0 Å². The number of carbonyl (C=O) groups is 1. The Kier molecular flexibility index (Phi) is 12.2. The number of amides is 1. The Morgan fingerprint density at radius 3 is 2.13 bits per heavy atom. The maximum Gasteiger partial charge on any atom is 0.217 e. The quantitative estimate of drug-likeness (QED) is 0.105. The second kappa shape index (κ2) is 14.7. The number of aliphatic hydroxyl groups is 7. The largest absolute Gasteiger partial charge is 0.394 e. The zero-order valence-corrected chi connectivity index (χ0v) is 21.9. The predicted octanol–water partition coefficient (Wildman–Crippen LogP) is -5.00. The summed E-state index contributed by atoms with van der Waals surface area (Å²) in [6.45, 7) is 1.78. The Labute approximate surface area is 225 Å². The third kappa shape index (κ3) is 7.81. The first kappa shape index (κ1) is 32.4. The van der Waals surface area contributed by atoms with Crippen LogP contribution in [0.2, 0.25) is 0 Å². The van der Waals surface area contributed by atoms with Crippen LogP contribution in [0.4, 0.5) is 0 Å². The van der Waals surface area contributed by atoms with Crippen LogP contribution < -0.4 is 11.1 Å². The van der Waals surface area contributed by atoms with Crippen molar-refractivity contribution < 1.29 is 69.0 Å². The van der Waals surface area contributed by atoms with Crippen molar-refractivity contribution in [2.75, 3.05) is 26.4 Å². The standard InChI is InChI=1S/C23H42N2O14/c1-9-16(30)11(29)6-14(35-9)38-21-20(18(32)13(8-27)37-23(21)34-5-3-4-24)39-22-15(25-10(2)28)19(33)17(31)12(7-26)36-22/h9,11-23,26-27,29-33H,3-8,24H2,1-2H3,(H,25,28)/t9?,11-,12?,13?,14+,15?,16-,17+,18+,19-,20+,21?,22-,23-/m1/s1. The first-order chi connectivity index (χ1) is 18.5. The van der Waals surface area contributed by atoms with E-state index in [4.69, 9.17) is 34.2 Å². The van der Waals surface area contributed by atoms with Gasteiger partial charge in [0.25, 0.3) is 0 Å². The number of hydrogen-bond donors (Lipinski definition) is 9. The van der Waals surface area contributed by atoms with Gasteiger partial charge in [-0.1, -0.05) is 0 Å². The molecule has 5 unspecified atom stereocenters. The van der Waals surface area contributed by atoms with E-state index in [0.717, 1.165) is 0 Å². The van der Waals surface area contributed by atoms with Crippen molar-refractivity contribution in [1.29, 1.82) is 0 Å². The highest BCUT2D eigenvalue weighted by atomic mass is 16.8. The van der Waals surface area contributed by atoms with Crippen molar-refractivity contribution >= 4 is 5.91 Å². The summed E-state index contributed by atoms with van der Waals surface area (Å²) in [5.74, 6) is -0.584. The number of nitrogens with one attached hydrogen (secondary N) is 1. The molecule has 3 aliphatic heterocycles. The molecule has 0 aliphatic carbocycles. The molecule has 3 heterocycles. The lowest BCUT2D eigenvalue weighted by atomic mass is 9.95. The van der Waals surface area contributed by atoms with Crippen LogP contribution in [-0.2, 0) is 33.2 Å². The summed E-state index contributed by atoms with van der Waals surface area (Å²) < 4.78 is 34.9. The van der Waals surface area contributed by atoms with Gasteiger partial charge in [0.1, 0.15) is 54.9 Å². The molecule has 0 aromatic heterocycles. The molecule has 3 rings (SSSR count). The van der Waals surface area contributed by atoms with Crippen LogP contribution >= 0.6 is 0 Å². The van der Waals surface area contributed by atoms with Gasteiger partial charge in [0.05, 0.1) is 32.0 Å². The van der Waals surface area contributed by atoms with Crippen molar-refractivity contribution in [2.24, 2.45) is 5.73 Å². The maximum atomic E-state index is 11.8. The number of nitrogens with two attached hydrogens (primary N) is 1.